The molecule has 5 heteroatoms. The number of carbonyl (C=O) groups is 2. The summed E-state index contributed by atoms with van der Waals surface area (Å²) in [5.41, 5.74) is 1.94. The third kappa shape index (κ3) is 4.50. The van der Waals surface area contributed by atoms with Crippen LogP contribution in [-0.4, -0.2) is 21.7 Å². The lowest BCUT2D eigenvalue weighted by Gasteiger charge is -2.13. The Kier molecular flexibility index (Phi) is 6.96. The Labute approximate surface area is 141 Å². The van der Waals surface area contributed by atoms with Crippen LogP contribution in [0.25, 0.3) is 0 Å². The predicted molar refractivity (Wildman–Crippen MR) is 92.3 cm³/mol. The lowest BCUT2D eigenvalue weighted by atomic mass is 9.93. The second-order valence-electron chi connectivity index (χ2n) is 6.09. The highest BCUT2D eigenvalue weighted by Gasteiger charge is 2.34. The Morgan fingerprint density at radius 1 is 0.957 bits per heavy atom. The average Bonchev–Trinajstić information content (AvgIpc) is 3.04. The van der Waals surface area contributed by atoms with E-state index in [1.807, 2.05) is 0 Å². The van der Waals surface area contributed by atoms with Gasteiger partial charge in [0.05, 0.1) is 5.51 Å². The maximum atomic E-state index is 12.3. The topological polar surface area (TPSA) is 67.3 Å². The summed E-state index contributed by atoms with van der Waals surface area (Å²) in [7, 11) is 0. The molecule has 0 radical (unpaired) electrons. The van der Waals surface area contributed by atoms with Crippen molar-refractivity contribution in [2.45, 2.75) is 71.1 Å². The molecule has 0 fully saturated rings. The van der Waals surface area contributed by atoms with E-state index in [2.05, 4.69) is 11.9 Å². The minimum atomic E-state index is -0.451. The molecule has 0 saturated carbocycles. The molecule has 2 rings (SSSR count). The number of hydrogen-bond donors (Lipinski definition) is 1. The van der Waals surface area contributed by atoms with E-state index in [9.17, 15) is 14.7 Å². The van der Waals surface area contributed by atoms with E-state index in [1.54, 1.807) is 0 Å². The van der Waals surface area contributed by atoms with Crippen molar-refractivity contribution in [2.24, 2.45) is 0 Å². The summed E-state index contributed by atoms with van der Waals surface area (Å²) in [6.07, 6.45) is 11.2. The highest BCUT2D eigenvalue weighted by molar-refractivity contribution is 7.12. The summed E-state index contributed by atoms with van der Waals surface area (Å²) < 4.78 is 0. The van der Waals surface area contributed by atoms with Gasteiger partial charge in [0.15, 0.2) is 5.76 Å². The highest BCUT2D eigenvalue weighted by Crippen LogP contribution is 2.29. The van der Waals surface area contributed by atoms with Gasteiger partial charge in [0.25, 0.3) is 0 Å². The number of thiazole rings is 1. The molecule has 0 saturated heterocycles. The summed E-state index contributed by atoms with van der Waals surface area (Å²) in [5.74, 6) is -1.10. The fourth-order valence-electron chi connectivity index (χ4n) is 2.91. The molecular formula is C18H25NO3S. The number of unbranched alkanes of at least 4 members (excludes halogenated alkanes) is 8. The van der Waals surface area contributed by atoms with Gasteiger partial charge in [-0.3, -0.25) is 9.59 Å². The Morgan fingerprint density at radius 2 is 1.57 bits per heavy atom. The molecule has 0 atom stereocenters. The van der Waals surface area contributed by atoms with Gasteiger partial charge in [0.2, 0.25) is 11.6 Å². The van der Waals surface area contributed by atoms with Crippen LogP contribution in [0, 0.1) is 0 Å². The van der Waals surface area contributed by atoms with Crippen molar-refractivity contribution in [1.29, 1.82) is 0 Å². The first-order chi connectivity index (χ1) is 11.2. The van der Waals surface area contributed by atoms with E-state index in [0.717, 1.165) is 30.6 Å². The lowest BCUT2D eigenvalue weighted by molar-refractivity contribution is 0.0927. The van der Waals surface area contributed by atoms with Crippen molar-refractivity contribution in [2.75, 3.05) is 0 Å². The molecule has 1 aliphatic rings. The third-order valence-corrected chi connectivity index (χ3v) is 5.12. The molecule has 0 aromatic carbocycles. The zero-order valence-corrected chi connectivity index (χ0v) is 14.6. The molecule has 0 bridgehead atoms. The minimum absolute atomic E-state index is 0.212. The van der Waals surface area contributed by atoms with Crippen molar-refractivity contribution < 1.29 is 14.7 Å². The van der Waals surface area contributed by atoms with Crippen LogP contribution in [0.4, 0.5) is 0 Å². The third-order valence-electron chi connectivity index (χ3n) is 4.29. The van der Waals surface area contributed by atoms with Crippen molar-refractivity contribution in [3.8, 4) is 0 Å². The van der Waals surface area contributed by atoms with Crippen LogP contribution in [0.15, 0.2) is 16.8 Å². The summed E-state index contributed by atoms with van der Waals surface area (Å²) in [4.78, 5) is 28.5. The number of allylic oxidation sites excluding steroid dienone is 2. The van der Waals surface area contributed by atoms with Crippen LogP contribution in [-0.2, 0) is 0 Å². The molecular weight excluding hydrogens is 310 g/mol. The molecule has 1 N–H and O–H groups in total. The van der Waals surface area contributed by atoms with Crippen LogP contribution >= 0.6 is 11.3 Å². The van der Waals surface area contributed by atoms with E-state index in [4.69, 9.17) is 0 Å². The summed E-state index contributed by atoms with van der Waals surface area (Å²) >= 11 is 1.11. The average molecular weight is 335 g/mol. The molecule has 126 valence electrons. The fourth-order valence-corrected chi connectivity index (χ4v) is 3.63. The van der Waals surface area contributed by atoms with E-state index in [1.165, 1.54) is 44.0 Å². The number of aliphatic hydroxyl groups excluding tert-OH is 1. The number of hydrogen-bond acceptors (Lipinski definition) is 5. The smallest absolute Gasteiger partial charge is 0.240 e. The van der Waals surface area contributed by atoms with Gasteiger partial charge in [-0.25, -0.2) is 4.98 Å². The predicted octanol–water partition coefficient (Wildman–Crippen LogP) is 5.26. The zero-order chi connectivity index (χ0) is 16.7. The maximum absolute atomic E-state index is 12.3. The maximum Gasteiger partial charge on any atom is 0.240 e. The second-order valence-corrected chi connectivity index (χ2v) is 6.95. The highest BCUT2D eigenvalue weighted by atomic mass is 32.1. The molecule has 23 heavy (non-hydrogen) atoms. The van der Waals surface area contributed by atoms with Gasteiger partial charge < -0.3 is 5.11 Å². The number of fused-ring (bicyclic) bond motifs is 1. The van der Waals surface area contributed by atoms with Crippen molar-refractivity contribution in [3.63, 3.8) is 0 Å². The van der Waals surface area contributed by atoms with Crippen LogP contribution < -0.4 is 0 Å². The molecule has 1 heterocycles. The number of Topliss-reactive ketones (excluding diaryl/α,β-unsaturated/α-hetero) is 2. The molecule has 0 spiro atoms. The van der Waals surface area contributed by atoms with Crippen LogP contribution in [0.5, 0.6) is 0 Å². The molecule has 0 amide bonds. The first-order valence-electron chi connectivity index (χ1n) is 8.61. The van der Waals surface area contributed by atoms with Gasteiger partial charge in [0.1, 0.15) is 10.6 Å². The van der Waals surface area contributed by atoms with Gasteiger partial charge in [-0.15, -0.1) is 11.3 Å². The van der Waals surface area contributed by atoms with Crippen LogP contribution in [0.2, 0.25) is 0 Å². The minimum Gasteiger partial charge on any atom is -0.504 e. The van der Waals surface area contributed by atoms with E-state index >= 15 is 0 Å². The number of rotatable bonds is 10. The summed E-state index contributed by atoms with van der Waals surface area (Å²) in [6.45, 7) is 2.22. The number of aromatic nitrogens is 1. The molecule has 1 aliphatic carbocycles. The van der Waals surface area contributed by atoms with Crippen molar-refractivity contribution in [3.05, 3.63) is 27.4 Å². The molecule has 0 aliphatic heterocycles. The van der Waals surface area contributed by atoms with Gasteiger partial charge in [0, 0.05) is 5.57 Å². The van der Waals surface area contributed by atoms with Gasteiger partial charge in [-0.1, -0.05) is 58.3 Å². The normalized spacial score (nSPS) is 14.5. The second kappa shape index (κ2) is 8.96. The Bertz CT molecular complexity index is 589. The van der Waals surface area contributed by atoms with Gasteiger partial charge in [-0.2, -0.15) is 0 Å². The molecule has 1 aromatic rings. The quantitative estimate of drug-likeness (QED) is 0.593. The Balaban J connectivity index is 1.72. The lowest BCUT2D eigenvalue weighted by Crippen LogP contribution is -2.21. The van der Waals surface area contributed by atoms with E-state index < -0.39 is 5.78 Å². The zero-order valence-electron chi connectivity index (χ0n) is 13.8. The molecule has 4 nitrogen and oxygen atoms in total. The van der Waals surface area contributed by atoms with Gasteiger partial charge in [-0.05, 0) is 12.8 Å². The Hall–Kier alpha value is -1.49. The fraction of sp³-hybridized carbons (Fsp3) is 0.611. The molecule has 1 aromatic heterocycles. The van der Waals surface area contributed by atoms with E-state index in [0.29, 0.717) is 6.42 Å². The number of ketones is 2. The summed E-state index contributed by atoms with van der Waals surface area (Å²) in [6, 6.07) is 0. The standard InChI is InChI=1S/C18H25NO3S/c1-2-3-4-5-6-7-8-9-10-11-13-15(20)14-18(23-12-19-14)17(22)16(13)21/h12,21H,2-11H2,1H3. The van der Waals surface area contributed by atoms with Crippen LogP contribution in [0.1, 0.15) is 91.3 Å². The van der Waals surface area contributed by atoms with E-state index in [-0.39, 0.29) is 27.7 Å². The first kappa shape index (κ1) is 17.9. The van der Waals surface area contributed by atoms with Crippen molar-refractivity contribution in [1.82, 2.24) is 4.98 Å². The monoisotopic (exact) mass is 335 g/mol. The number of aliphatic hydroxyl groups is 1. The van der Waals surface area contributed by atoms with Crippen molar-refractivity contribution >= 4 is 22.9 Å². The van der Waals surface area contributed by atoms with Gasteiger partial charge >= 0.3 is 0 Å². The first-order valence-corrected chi connectivity index (χ1v) is 9.49. The Morgan fingerprint density at radius 3 is 2.22 bits per heavy atom. The largest absolute Gasteiger partial charge is 0.504 e. The SMILES string of the molecule is CCCCCCCCCCCC1=C(O)C(=O)c2scnc2C1=O. The number of nitrogens with zero attached hydrogens (tertiary/aromatic N) is 1. The number of carbonyl (C=O) groups excluding carboxylic acids is 2. The molecule has 0 unspecified atom stereocenters. The van der Waals surface area contributed by atoms with Crippen LogP contribution in [0.3, 0.4) is 0 Å². The summed E-state index contributed by atoms with van der Waals surface area (Å²) in [5, 5.41) is 9.98.